The van der Waals surface area contributed by atoms with Gasteiger partial charge in [-0.3, -0.25) is 9.97 Å². The third-order valence-electron chi connectivity index (χ3n) is 2.35. The molecule has 0 aliphatic heterocycles. The second-order valence-electron chi connectivity index (χ2n) is 3.21. The molecule has 0 saturated heterocycles. The minimum absolute atomic E-state index is 0. The van der Waals surface area contributed by atoms with E-state index in [4.69, 9.17) is 0 Å². The van der Waals surface area contributed by atoms with E-state index in [1.807, 2.05) is 24.4 Å². The Morgan fingerprint density at radius 2 is 1.47 bits per heavy atom. The Kier molecular flexibility index (Phi) is 6.43. The average molecular weight is 315 g/mol. The molecular formula is C12H8Cl2CuN2. The van der Waals surface area contributed by atoms with Crippen molar-refractivity contribution in [2.24, 2.45) is 0 Å². The summed E-state index contributed by atoms with van der Waals surface area (Å²) in [5, 5.41) is 2.28. The van der Waals surface area contributed by atoms with Crippen LogP contribution in [0.4, 0.5) is 0 Å². The van der Waals surface area contributed by atoms with Crippen LogP contribution < -0.4 is 24.8 Å². The van der Waals surface area contributed by atoms with Crippen LogP contribution in [0.3, 0.4) is 0 Å². The number of hydrogen-bond donors (Lipinski definition) is 0. The van der Waals surface area contributed by atoms with Crippen LogP contribution in [-0.4, -0.2) is 9.97 Å². The maximum atomic E-state index is 4.37. The standard InChI is InChI=1S/C12H8N2.2ClH.Cu/c1-3-9-5-6-11-10(4-2-7-13-11)12(9)14-8-1;;;/h1-8H;2*1H;/q;;;+2/p-2. The quantitative estimate of drug-likeness (QED) is 0.322. The zero-order valence-corrected chi connectivity index (χ0v) is 11.0. The first-order valence-corrected chi connectivity index (χ1v) is 4.53. The molecule has 2 nitrogen and oxygen atoms in total. The third-order valence-corrected chi connectivity index (χ3v) is 2.35. The Bertz CT molecular complexity index is 561. The predicted molar refractivity (Wildman–Crippen MR) is 57.0 cm³/mol. The zero-order chi connectivity index (χ0) is 9.38. The van der Waals surface area contributed by atoms with E-state index in [0.29, 0.717) is 0 Å². The van der Waals surface area contributed by atoms with Crippen molar-refractivity contribution in [3.63, 3.8) is 0 Å². The third kappa shape index (κ3) is 2.88. The SMILES string of the molecule is [Cl-].[Cl-].[Cu+2].c1cnc2c(c1)ccc1ncccc12. The second-order valence-corrected chi connectivity index (χ2v) is 3.21. The summed E-state index contributed by atoms with van der Waals surface area (Å²) in [4.78, 5) is 8.66. The largest absolute Gasteiger partial charge is 2.00 e. The molecule has 2 aromatic heterocycles. The summed E-state index contributed by atoms with van der Waals surface area (Å²) in [5.74, 6) is 0. The molecule has 0 atom stereocenters. The smallest absolute Gasteiger partial charge is 1.00 e. The van der Waals surface area contributed by atoms with Crippen molar-refractivity contribution in [1.29, 1.82) is 0 Å². The number of hydrogen-bond acceptors (Lipinski definition) is 2. The van der Waals surface area contributed by atoms with Gasteiger partial charge in [-0.15, -0.1) is 0 Å². The van der Waals surface area contributed by atoms with Crippen LogP contribution in [0.5, 0.6) is 0 Å². The first kappa shape index (κ1) is 16.1. The van der Waals surface area contributed by atoms with E-state index in [2.05, 4.69) is 28.2 Å². The van der Waals surface area contributed by atoms with Gasteiger partial charge in [-0.1, -0.05) is 12.1 Å². The molecular weight excluding hydrogens is 307 g/mol. The van der Waals surface area contributed by atoms with Crippen molar-refractivity contribution in [3.05, 3.63) is 48.8 Å². The molecule has 0 aliphatic carbocycles. The fourth-order valence-electron chi connectivity index (χ4n) is 1.70. The van der Waals surface area contributed by atoms with Gasteiger partial charge in [-0.2, -0.15) is 0 Å². The number of nitrogens with zero attached hydrogens (tertiary/aromatic N) is 2. The predicted octanol–water partition coefficient (Wildman–Crippen LogP) is -3.21. The molecule has 3 rings (SSSR count). The van der Waals surface area contributed by atoms with Gasteiger partial charge in [0.1, 0.15) is 0 Å². The molecule has 91 valence electrons. The average Bonchev–Trinajstić information content (AvgIpc) is 2.29. The second kappa shape index (κ2) is 6.77. The van der Waals surface area contributed by atoms with Gasteiger partial charge in [0.2, 0.25) is 0 Å². The zero-order valence-electron chi connectivity index (χ0n) is 8.57. The normalized spacial score (nSPS) is 8.94. The molecule has 3 aromatic rings. The van der Waals surface area contributed by atoms with Crippen molar-refractivity contribution < 1.29 is 41.9 Å². The summed E-state index contributed by atoms with van der Waals surface area (Å²) in [5.41, 5.74) is 2.02. The molecule has 0 amide bonds. The van der Waals surface area contributed by atoms with Crippen LogP contribution in [0.1, 0.15) is 0 Å². The Labute approximate surface area is 122 Å². The minimum atomic E-state index is 0. The van der Waals surface area contributed by atoms with Gasteiger partial charge in [0.25, 0.3) is 0 Å². The number of aromatic nitrogens is 2. The summed E-state index contributed by atoms with van der Waals surface area (Å²) in [6, 6.07) is 12.1. The number of halogens is 2. The molecule has 0 bridgehead atoms. The van der Waals surface area contributed by atoms with E-state index in [0.717, 1.165) is 21.8 Å². The van der Waals surface area contributed by atoms with Crippen molar-refractivity contribution in [3.8, 4) is 0 Å². The van der Waals surface area contributed by atoms with Gasteiger partial charge >= 0.3 is 17.1 Å². The molecule has 0 unspecified atom stereocenters. The summed E-state index contributed by atoms with van der Waals surface area (Å²) < 4.78 is 0. The minimum Gasteiger partial charge on any atom is -1.00 e. The topological polar surface area (TPSA) is 25.8 Å². The number of rotatable bonds is 0. The van der Waals surface area contributed by atoms with E-state index in [-0.39, 0.29) is 41.9 Å². The van der Waals surface area contributed by atoms with E-state index in [1.54, 1.807) is 6.20 Å². The van der Waals surface area contributed by atoms with Gasteiger partial charge in [-0.05, 0) is 24.3 Å². The fourth-order valence-corrected chi connectivity index (χ4v) is 1.70. The Balaban J connectivity index is 0.000000853. The molecule has 5 heteroatoms. The van der Waals surface area contributed by atoms with E-state index in [1.165, 1.54) is 0 Å². The first-order chi connectivity index (χ1) is 6.95. The van der Waals surface area contributed by atoms with E-state index < -0.39 is 0 Å². The van der Waals surface area contributed by atoms with Crippen molar-refractivity contribution in [2.45, 2.75) is 0 Å². The van der Waals surface area contributed by atoms with Crippen LogP contribution >= 0.6 is 0 Å². The summed E-state index contributed by atoms with van der Waals surface area (Å²) in [6.07, 6.45) is 3.62. The summed E-state index contributed by atoms with van der Waals surface area (Å²) in [6.45, 7) is 0. The maximum absolute atomic E-state index is 4.37. The van der Waals surface area contributed by atoms with Crippen LogP contribution in [0.15, 0.2) is 48.8 Å². The molecule has 1 aromatic carbocycles. The van der Waals surface area contributed by atoms with Gasteiger partial charge in [0, 0.05) is 23.2 Å². The summed E-state index contributed by atoms with van der Waals surface area (Å²) >= 11 is 0. The molecule has 0 aliphatic rings. The fraction of sp³-hybridized carbons (Fsp3) is 0. The first-order valence-electron chi connectivity index (χ1n) is 4.53. The van der Waals surface area contributed by atoms with Crippen molar-refractivity contribution in [1.82, 2.24) is 9.97 Å². The van der Waals surface area contributed by atoms with Gasteiger partial charge in [0.05, 0.1) is 11.0 Å². The van der Waals surface area contributed by atoms with Gasteiger partial charge in [0.15, 0.2) is 0 Å². The molecule has 2 heterocycles. The Morgan fingerprint density at radius 3 is 2.29 bits per heavy atom. The number of pyridine rings is 2. The van der Waals surface area contributed by atoms with E-state index >= 15 is 0 Å². The molecule has 0 saturated carbocycles. The van der Waals surface area contributed by atoms with Crippen LogP contribution in [-0.2, 0) is 17.1 Å². The number of benzene rings is 1. The Hall–Kier alpha value is -0.861. The molecule has 17 heavy (non-hydrogen) atoms. The van der Waals surface area contributed by atoms with Gasteiger partial charge in [-0.25, -0.2) is 0 Å². The molecule has 1 radical (unpaired) electrons. The van der Waals surface area contributed by atoms with Crippen LogP contribution in [0.25, 0.3) is 21.8 Å². The molecule has 0 spiro atoms. The Morgan fingerprint density at radius 1 is 0.765 bits per heavy atom. The van der Waals surface area contributed by atoms with Gasteiger partial charge < -0.3 is 24.8 Å². The molecule has 0 N–H and O–H groups in total. The van der Waals surface area contributed by atoms with Crippen LogP contribution in [0, 0.1) is 0 Å². The van der Waals surface area contributed by atoms with E-state index in [9.17, 15) is 0 Å². The van der Waals surface area contributed by atoms with Crippen LogP contribution in [0.2, 0.25) is 0 Å². The number of fused-ring (bicyclic) bond motifs is 3. The molecule has 0 fully saturated rings. The summed E-state index contributed by atoms with van der Waals surface area (Å²) in [7, 11) is 0. The monoisotopic (exact) mass is 313 g/mol. The van der Waals surface area contributed by atoms with Crippen molar-refractivity contribution >= 4 is 21.8 Å². The van der Waals surface area contributed by atoms with Crippen molar-refractivity contribution in [2.75, 3.05) is 0 Å². The maximum Gasteiger partial charge on any atom is 2.00 e.